The van der Waals surface area contributed by atoms with E-state index in [1.54, 1.807) is 6.08 Å². The molecule has 0 atom stereocenters. The first kappa shape index (κ1) is 16.5. The summed E-state index contributed by atoms with van der Waals surface area (Å²) in [7, 11) is 0. The summed E-state index contributed by atoms with van der Waals surface area (Å²) < 4.78 is 40.0. The van der Waals surface area contributed by atoms with E-state index in [0.717, 1.165) is 22.9 Å². The summed E-state index contributed by atoms with van der Waals surface area (Å²) in [4.78, 5) is 0.621. The summed E-state index contributed by atoms with van der Waals surface area (Å²) in [5.41, 5.74) is -2.33. The Bertz CT molecular complexity index is 703. The van der Waals surface area contributed by atoms with Crippen molar-refractivity contribution >= 4 is 34.4 Å². The lowest BCUT2D eigenvalue weighted by atomic mass is 10.0. The van der Waals surface area contributed by atoms with Crippen molar-refractivity contribution in [2.24, 2.45) is 5.16 Å². The Balaban J connectivity index is 2.18. The molecule has 1 aromatic rings. The van der Waals surface area contributed by atoms with Crippen molar-refractivity contribution < 1.29 is 17.5 Å². The maximum absolute atomic E-state index is 11.9. The molecule has 0 fully saturated rings. The van der Waals surface area contributed by atoms with E-state index in [9.17, 15) is 18.4 Å². The highest BCUT2D eigenvalue weighted by Crippen LogP contribution is 2.36. The number of benzene rings is 1. The number of nitriles is 1. The minimum Gasteiger partial charge on any atom is -0.312 e. The third-order valence-corrected chi connectivity index (χ3v) is 3.94. The van der Waals surface area contributed by atoms with Gasteiger partial charge in [-0.1, -0.05) is 41.2 Å². The summed E-state index contributed by atoms with van der Waals surface area (Å²) in [6.07, 6.45) is 3.14. The molecule has 0 amide bonds. The van der Waals surface area contributed by atoms with Crippen LogP contribution in [0.3, 0.4) is 0 Å². The summed E-state index contributed by atoms with van der Waals surface area (Å²) in [6, 6.07) is 9.52. The van der Waals surface area contributed by atoms with Gasteiger partial charge in [0.15, 0.2) is 0 Å². The lowest BCUT2D eigenvalue weighted by molar-refractivity contribution is -0.0395. The number of hydrogen-bond acceptors (Lipinski definition) is 5. The molecule has 22 heavy (non-hydrogen) atoms. The molecule has 1 aliphatic rings. The molecule has 3 nitrogen and oxygen atoms in total. The molecule has 0 bridgehead atoms. The molecule has 1 aromatic carbocycles. The third-order valence-electron chi connectivity index (χ3n) is 2.62. The molecule has 0 unspecified atom stereocenters. The standard InChI is InChI=1S/C14H9F3N2OS2/c1-9-4-2-3-5-10(9)11(8-18)12-6-7-13(21-12)19-20-22-14(15,16)17/h2-7H,1H3/b12-11+,19-13?. The normalized spacial score (nSPS) is 18.4. The lowest BCUT2D eigenvalue weighted by Crippen LogP contribution is -1.99. The van der Waals surface area contributed by atoms with E-state index in [4.69, 9.17) is 0 Å². The van der Waals surface area contributed by atoms with Gasteiger partial charge in [-0.3, -0.25) is 0 Å². The topological polar surface area (TPSA) is 45.4 Å². The van der Waals surface area contributed by atoms with E-state index in [2.05, 4.69) is 15.5 Å². The monoisotopic (exact) mass is 342 g/mol. The van der Waals surface area contributed by atoms with Crippen LogP contribution in [0.15, 0.2) is 46.5 Å². The van der Waals surface area contributed by atoms with Crippen molar-refractivity contribution in [3.8, 4) is 6.07 Å². The van der Waals surface area contributed by atoms with Crippen molar-refractivity contribution in [2.45, 2.75) is 12.4 Å². The molecular weight excluding hydrogens is 333 g/mol. The Hall–Kier alpha value is -1.85. The largest absolute Gasteiger partial charge is 0.482 e. The van der Waals surface area contributed by atoms with Gasteiger partial charge in [-0.2, -0.15) is 18.4 Å². The maximum atomic E-state index is 11.9. The van der Waals surface area contributed by atoms with Crippen molar-refractivity contribution in [3.05, 3.63) is 52.4 Å². The zero-order valence-electron chi connectivity index (χ0n) is 11.2. The predicted molar refractivity (Wildman–Crippen MR) is 82.6 cm³/mol. The molecule has 0 saturated heterocycles. The van der Waals surface area contributed by atoms with Gasteiger partial charge in [0, 0.05) is 4.91 Å². The van der Waals surface area contributed by atoms with Crippen LogP contribution in [0.2, 0.25) is 0 Å². The van der Waals surface area contributed by atoms with E-state index in [1.807, 2.05) is 31.2 Å². The second-order valence-electron chi connectivity index (χ2n) is 4.13. The first-order valence-corrected chi connectivity index (χ1v) is 7.52. The Labute approximate surface area is 133 Å². The first-order valence-electron chi connectivity index (χ1n) is 5.96. The highest BCUT2D eigenvalue weighted by molar-refractivity contribution is 8.18. The first-order chi connectivity index (χ1) is 10.4. The van der Waals surface area contributed by atoms with Gasteiger partial charge in [0.1, 0.15) is 11.1 Å². The van der Waals surface area contributed by atoms with E-state index in [0.29, 0.717) is 10.5 Å². The van der Waals surface area contributed by atoms with E-state index < -0.39 is 17.6 Å². The van der Waals surface area contributed by atoms with Crippen LogP contribution >= 0.6 is 23.8 Å². The molecular formula is C14H9F3N2OS2. The molecule has 8 heteroatoms. The van der Waals surface area contributed by atoms with Crippen LogP contribution in [-0.4, -0.2) is 10.6 Å². The SMILES string of the molecule is Cc1ccccc1/C(C#N)=C1\C=CC(=NOSC(F)(F)F)S1. The fourth-order valence-electron chi connectivity index (χ4n) is 1.71. The molecule has 2 rings (SSSR count). The highest BCUT2D eigenvalue weighted by atomic mass is 32.2. The van der Waals surface area contributed by atoms with Gasteiger partial charge in [0.05, 0.1) is 5.57 Å². The second-order valence-corrected chi connectivity index (χ2v) is 5.98. The Morgan fingerprint density at radius 1 is 1.32 bits per heavy atom. The molecule has 1 aliphatic heterocycles. The second kappa shape index (κ2) is 6.94. The number of rotatable bonds is 3. The van der Waals surface area contributed by atoms with Crippen LogP contribution in [0.4, 0.5) is 13.2 Å². The van der Waals surface area contributed by atoms with Gasteiger partial charge in [-0.05, 0) is 30.2 Å². The average Bonchev–Trinajstić information content (AvgIpc) is 2.89. The maximum Gasteiger partial charge on any atom is 0.482 e. The molecule has 0 N–H and O–H groups in total. The molecule has 1 heterocycles. The van der Waals surface area contributed by atoms with Crippen LogP contribution in [0.5, 0.6) is 0 Å². The Kier molecular flexibility index (Phi) is 5.21. The van der Waals surface area contributed by atoms with Gasteiger partial charge < -0.3 is 4.28 Å². The molecule has 0 radical (unpaired) electrons. The third kappa shape index (κ3) is 4.32. The van der Waals surface area contributed by atoms with Crippen molar-refractivity contribution in [1.82, 2.24) is 0 Å². The van der Waals surface area contributed by atoms with Crippen molar-refractivity contribution in [1.29, 1.82) is 5.26 Å². The number of oxime groups is 1. The number of nitrogens with zero attached hydrogens (tertiary/aromatic N) is 2. The van der Waals surface area contributed by atoms with Crippen LogP contribution in [0.1, 0.15) is 11.1 Å². The zero-order chi connectivity index (χ0) is 16.2. The minimum absolute atomic E-state index is 0.257. The summed E-state index contributed by atoms with van der Waals surface area (Å²) >= 11 is 0.407. The molecule has 114 valence electrons. The fraction of sp³-hybridized carbons (Fsp3) is 0.143. The zero-order valence-corrected chi connectivity index (χ0v) is 12.9. The highest BCUT2D eigenvalue weighted by Gasteiger charge is 2.32. The molecule has 0 aromatic heterocycles. The van der Waals surface area contributed by atoms with Crippen molar-refractivity contribution in [2.75, 3.05) is 0 Å². The average molecular weight is 342 g/mol. The van der Waals surface area contributed by atoms with Gasteiger partial charge in [0.2, 0.25) is 12.0 Å². The number of hydrogen-bond donors (Lipinski definition) is 0. The number of alkyl halides is 3. The van der Waals surface area contributed by atoms with Crippen LogP contribution in [0.25, 0.3) is 5.57 Å². The lowest BCUT2D eigenvalue weighted by Gasteiger charge is -2.06. The number of thioether (sulfide) groups is 1. The fourth-order valence-corrected chi connectivity index (χ4v) is 2.79. The molecule has 0 aliphatic carbocycles. The van der Waals surface area contributed by atoms with E-state index in [1.165, 1.54) is 6.08 Å². The van der Waals surface area contributed by atoms with E-state index in [-0.39, 0.29) is 5.04 Å². The van der Waals surface area contributed by atoms with Gasteiger partial charge in [-0.15, -0.1) is 0 Å². The van der Waals surface area contributed by atoms with Gasteiger partial charge in [0.25, 0.3) is 0 Å². The Morgan fingerprint density at radius 3 is 2.68 bits per heavy atom. The van der Waals surface area contributed by atoms with Crippen LogP contribution in [-0.2, 0) is 4.28 Å². The van der Waals surface area contributed by atoms with Gasteiger partial charge >= 0.3 is 5.51 Å². The van der Waals surface area contributed by atoms with Gasteiger partial charge in [-0.25, -0.2) is 0 Å². The summed E-state index contributed by atoms with van der Waals surface area (Å²) in [6.45, 7) is 1.88. The molecule has 0 spiro atoms. The van der Waals surface area contributed by atoms with Crippen LogP contribution in [0, 0.1) is 18.3 Å². The van der Waals surface area contributed by atoms with E-state index >= 15 is 0 Å². The number of halogens is 3. The summed E-state index contributed by atoms with van der Waals surface area (Å²) in [5.74, 6) is 0. The minimum atomic E-state index is -4.51. The van der Waals surface area contributed by atoms with Crippen LogP contribution < -0.4 is 0 Å². The smallest absolute Gasteiger partial charge is 0.312 e. The quantitative estimate of drug-likeness (QED) is 0.439. The molecule has 0 saturated carbocycles. The predicted octanol–water partition coefficient (Wildman–Crippen LogP) is 5.03. The number of allylic oxidation sites excluding steroid dienone is 2. The summed E-state index contributed by atoms with van der Waals surface area (Å²) in [5, 5.41) is 13.0. The number of aryl methyl sites for hydroxylation is 1. The Morgan fingerprint density at radius 2 is 2.05 bits per heavy atom. The van der Waals surface area contributed by atoms with Crippen molar-refractivity contribution in [3.63, 3.8) is 0 Å².